The van der Waals surface area contributed by atoms with Gasteiger partial charge in [0.1, 0.15) is 0 Å². The minimum absolute atomic E-state index is 0.264. The molecule has 1 fully saturated rings. The minimum atomic E-state index is 0.264. The number of hydrogen-bond donors (Lipinski definition) is 1. The third-order valence-corrected chi connectivity index (χ3v) is 3.74. The Bertz CT molecular complexity index is 388. The Hall–Kier alpha value is -1.42. The first-order chi connectivity index (χ1) is 9.29. The van der Waals surface area contributed by atoms with E-state index in [4.69, 9.17) is 0 Å². The second-order valence-electron chi connectivity index (χ2n) is 5.13. The van der Waals surface area contributed by atoms with Gasteiger partial charge in [-0.15, -0.1) is 0 Å². The van der Waals surface area contributed by atoms with Crippen LogP contribution in [-0.2, 0) is 11.3 Å². The standard InChI is InChI=1S/C15H23N3O/c1-2-18(12-14-5-3-4-8-17-14)15(19)11-13-6-9-16-10-7-13/h3-5,8,13,16H,2,6-7,9-12H2,1H3. The summed E-state index contributed by atoms with van der Waals surface area (Å²) in [5.41, 5.74) is 0.961. The highest BCUT2D eigenvalue weighted by Crippen LogP contribution is 2.17. The second kappa shape index (κ2) is 7.24. The number of amides is 1. The number of carbonyl (C=O) groups is 1. The van der Waals surface area contributed by atoms with Crippen LogP contribution in [0.15, 0.2) is 24.4 Å². The first-order valence-electron chi connectivity index (χ1n) is 7.18. The van der Waals surface area contributed by atoms with Crippen LogP contribution in [0.25, 0.3) is 0 Å². The van der Waals surface area contributed by atoms with Crippen LogP contribution >= 0.6 is 0 Å². The van der Waals surface area contributed by atoms with Crippen molar-refractivity contribution in [3.05, 3.63) is 30.1 Å². The maximum Gasteiger partial charge on any atom is 0.223 e. The van der Waals surface area contributed by atoms with E-state index < -0.39 is 0 Å². The zero-order valence-corrected chi connectivity index (χ0v) is 11.6. The fraction of sp³-hybridized carbons (Fsp3) is 0.600. The van der Waals surface area contributed by atoms with Crippen molar-refractivity contribution in [2.45, 2.75) is 32.7 Å². The van der Waals surface area contributed by atoms with E-state index in [1.165, 1.54) is 0 Å². The number of rotatable bonds is 5. The molecule has 0 saturated carbocycles. The molecule has 1 saturated heterocycles. The number of hydrogen-bond acceptors (Lipinski definition) is 3. The van der Waals surface area contributed by atoms with E-state index in [1.807, 2.05) is 30.0 Å². The van der Waals surface area contributed by atoms with E-state index in [1.54, 1.807) is 6.20 Å². The fourth-order valence-electron chi connectivity index (χ4n) is 2.53. The number of pyridine rings is 1. The van der Waals surface area contributed by atoms with Gasteiger partial charge in [-0.1, -0.05) is 6.07 Å². The molecule has 0 aromatic carbocycles. The van der Waals surface area contributed by atoms with Gasteiger partial charge in [0.05, 0.1) is 12.2 Å². The zero-order valence-electron chi connectivity index (χ0n) is 11.6. The lowest BCUT2D eigenvalue weighted by Gasteiger charge is -2.26. The van der Waals surface area contributed by atoms with Crippen LogP contribution in [0.5, 0.6) is 0 Å². The van der Waals surface area contributed by atoms with E-state index in [2.05, 4.69) is 10.3 Å². The molecule has 0 aliphatic carbocycles. The van der Waals surface area contributed by atoms with Crippen LogP contribution in [0.4, 0.5) is 0 Å². The molecule has 19 heavy (non-hydrogen) atoms. The lowest BCUT2D eigenvalue weighted by atomic mass is 9.94. The van der Waals surface area contributed by atoms with Crippen molar-refractivity contribution in [1.29, 1.82) is 0 Å². The zero-order chi connectivity index (χ0) is 13.5. The summed E-state index contributed by atoms with van der Waals surface area (Å²) in [7, 11) is 0. The molecule has 1 aromatic rings. The van der Waals surface area contributed by atoms with Crippen LogP contribution in [0.1, 0.15) is 31.9 Å². The molecule has 4 heteroatoms. The van der Waals surface area contributed by atoms with Crippen molar-refractivity contribution in [1.82, 2.24) is 15.2 Å². The average Bonchev–Trinajstić information content (AvgIpc) is 2.47. The van der Waals surface area contributed by atoms with Gasteiger partial charge in [-0.2, -0.15) is 0 Å². The Morgan fingerprint density at radius 1 is 1.42 bits per heavy atom. The third kappa shape index (κ3) is 4.31. The summed E-state index contributed by atoms with van der Waals surface area (Å²) >= 11 is 0. The minimum Gasteiger partial charge on any atom is -0.337 e. The smallest absolute Gasteiger partial charge is 0.223 e. The SMILES string of the molecule is CCN(Cc1ccccn1)C(=O)CC1CCNCC1. The molecular weight excluding hydrogens is 238 g/mol. The fourth-order valence-corrected chi connectivity index (χ4v) is 2.53. The van der Waals surface area contributed by atoms with Crippen LogP contribution in [0.3, 0.4) is 0 Å². The summed E-state index contributed by atoms with van der Waals surface area (Å²) in [6, 6.07) is 5.84. The normalized spacial score (nSPS) is 16.3. The number of nitrogens with one attached hydrogen (secondary N) is 1. The van der Waals surface area contributed by atoms with E-state index in [0.29, 0.717) is 18.9 Å². The number of nitrogens with zero attached hydrogens (tertiary/aromatic N) is 2. The van der Waals surface area contributed by atoms with Crippen molar-refractivity contribution < 1.29 is 4.79 Å². The van der Waals surface area contributed by atoms with E-state index in [9.17, 15) is 4.79 Å². The van der Waals surface area contributed by atoms with Crippen LogP contribution in [0.2, 0.25) is 0 Å². The molecule has 4 nitrogen and oxygen atoms in total. The topological polar surface area (TPSA) is 45.2 Å². The maximum absolute atomic E-state index is 12.3. The predicted octanol–water partition coefficient (Wildman–Crippen LogP) is 1.82. The summed E-state index contributed by atoms with van der Waals surface area (Å²) in [4.78, 5) is 18.5. The largest absolute Gasteiger partial charge is 0.337 e. The molecule has 0 radical (unpaired) electrons. The van der Waals surface area contributed by atoms with Gasteiger partial charge in [-0.05, 0) is 50.9 Å². The van der Waals surface area contributed by atoms with Crippen molar-refractivity contribution in [3.63, 3.8) is 0 Å². The van der Waals surface area contributed by atoms with E-state index in [0.717, 1.165) is 38.2 Å². The van der Waals surface area contributed by atoms with Crippen molar-refractivity contribution in [2.75, 3.05) is 19.6 Å². The predicted molar refractivity (Wildman–Crippen MR) is 75.5 cm³/mol. The first kappa shape index (κ1) is 14.0. The maximum atomic E-state index is 12.3. The number of carbonyl (C=O) groups excluding carboxylic acids is 1. The quantitative estimate of drug-likeness (QED) is 0.879. The third-order valence-electron chi connectivity index (χ3n) is 3.74. The van der Waals surface area contributed by atoms with Crippen molar-refractivity contribution >= 4 is 5.91 Å². The highest BCUT2D eigenvalue weighted by atomic mass is 16.2. The molecule has 0 spiro atoms. The first-order valence-corrected chi connectivity index (χ1v) is 7.18. The molecule has 0 atom stereocenters. The molecule has 2 heterocycles. The Kier molecular flexibility index (Phi) is 5.33. The number of piperidine rings is 1. The summed E-state index contributed by atoms with van der Waals surface area (Å²) < 4.78 is 0. The molecule has 1 aliphatic heterocycles. The molecule has 1 aromatic heterocycles. The summed E-state index contributed by atoms with van der Waals surface area (Å²) in [6.07, 6.45) is 4.70. The van der Waals surface area contributed by atoms with Gasteiger partial charge in [0.2, 0.25) is 5.91 Å². The summed E-state index contributed by atoms with van der Waals surface area (Å²) in [6.45, 7) is 5.50. The van der Waals surface area contributed by atoms with Gasteiger partial charge in [-0.3, -0.25) is 9.78 Å². The van der Waals surface area contributed by atoms with Crippen molar-refractivity contribution in [2.24, 2.45) is 5.92 Å². The molecule has 0 bridgehead atoms. The summed E-state index contributed by atoms with van der Waals surface area (Å²) in [5.74, 6) is 0.812. The van der Waals surface area contributed by atoms with Gasteiger partial charge < -0.3 is 10.2 Å². The van der Waals surface area contributed by atoms with Gasteiger partial charge >= 0.3 is 0 Å². The lowest BCUT2D eigenvalue weighted by molar-refractivity contribution is -0.132. The highest BCUT2D eigenvalue weighted by molar-refractivity contribution is 5.76. The summed E-state index contributed by atoms with van der Waals surface area (Å²) in [5, 5.41) is 3.34. The molecule has 0 unspecified atom stereocenters. The Balaban J connectivity index is 1.87. The molecule has 1 aliphatic rings. The second-order valence-corrected chi connectivity index (χ2v) is 5.13. The van der Waals surface area contributed by atoms with Gasteiger partial charge in [0.15, 0.2) is 0 Å². The Morgan fingerprint density at radius 2 is 2.21 bits per heavy atom. The molecule has 104 valence electrons. The molecule has 1 amide bonds. The van der Waals surface area contributed by atoms with E-state index in [-0.39, 0.29) is 5.91 Å². The Labute approximate surface area is 115 Å². The Morgan fingerprint density at radius 3 is 2.84 bits per heavy atom. The van der Waals surface area contributed by atoms with Crippen molar-refractivity contribution in [3.8, 4) is 0 Å². The lowest BCUT2D eigenvalue weighted by Crippen LogP contribution is -2.35. The molecular formula is C15H23N3O. The van der Waals surface area contributed by atoms with Gasteiger partial charge in [0, 0.05) is 19.2 Å². The molecule has 1 N–H and O–H groups in total. The van der Waals surface area contributed by atoms with Crippen LogP contribution in [0, 0.1) is 5.92 Å². The van der Waals surface area contributed by atoms with Gasteiger partial charge in [0.25, 0.3) is 0 Å². The van der Waals surface area contributed by atoms with E-state index >= 15 is 0 Å². The molecule has 2 rings (SSSR count). The van der Waals surface area contributed by atoms with Gasteiger partial charge in [-0.25, -0.2) is 0 Å². The van der Waals surface area contributed by atoms with Crippen LogP contribution < -0.4 is 5.32 Å². The highest BCUT2D eigenvalue weighted by Gasteiger charge is 2.20. The number of aromatic nitrogens is 1. The van der Waals surface area contributed by atoms with Crippen LogP contribution in [-0.4, -0.2) is 35.4 Å². The monoisotopic (exact) mass is 261 g/mol. The average molecular weight is 261 g/mol.